The average molecular weight is 199 g/mol. The van der Waals surface area contributed by atoms with Gasteiger partial charge in [-0.25, -0.2) is 9.89 Å². The number of nitrogens with one attached hydrogen (secondary N) is 1. The normalized spacial score (nSPS) is 10.7. The molecule has 0 radical (unpaired) electrons. The topological polar surface area (TPSA) is 50.7 Å². The molecule has 1 N–H and O–H groups in total. The summed E-state index contributed by atoms with van der Waals surface area (Å²) in [5.74, 6) is 0.761. The summed E-state index contributed by atoms with van der Waals surface area (Å²) < 4.78 is 1.63. The first-order valence-electron chi connectivity index (χ1n) is 4.07. The summed E-state index contributed by atoms with van der Waals surface area (Å²) >= 11 is 1.50. The molecule has 1 aromatic heterocycles. The van der Waals surface area contributed by atoms with Crippen molar-refractivity contribution < 1.29 is 0 Å². The number of hydrogen-bond donors (Lipinski definition) is 1. The highest BCUT2D eigenvalue weighted by Crippen LogP contribution is 2.16. The smallest absolute Gasteiger partial charge is 0.268 e. The monoisotopic (exact) mass is 199 g/mol. The fourth-order valence-electron chi connectivity index (χ4n) is 0.981. The van der Waals surface area contributed by atoms with Gasteiger partial charge in [0.15, 0.2) is 5.16 Å². The molecule has 1 aromatic rings. The molecule has 0 unspecified atom stereocenters. The lowest BCUT2D eigenvalue weighted by Crippen LogP contribution is -2.19. The molecule has 4 nitrogen and oxygen atoms in total. The van der Waals surface area contributed by atoms with Gasteiger partial charge in [0.25, 0.3) is 0 Å². The molecule has 0 aliphatic rings. The summed E-state index contributed by atoms with van der Waals surface area (Å²) in [6.07, 6.45) is 1.79. The van der Waals surface area contributed by atoms with E-state index in [0.717, 1.165) is 10.9 Å². The Morgan fingerprint density at radius 2 is 2.46 bits per heavy atom. The second-order valence-corrected chi connectivity index (χ2v) is 3.86. The Morgan fingerprint density at radius 1 is 1.77 bits per heavy atom. The van der Waals surface area contributed by atoms with Crippen molar-refractivity contribution in [3.05, 3.63) is 23.1 Å². The molecule has 0 fully saturated rings. The van der Waals surface area contributed by atoms with Gasteiger partial charge in [-0.3, -0.25) is 4.57 Å². The first kappa shape index (κ1) is 10.1. The Morgan fingerprint density at radius 3 is 3.00 bits per heavy atom. The van der Waals surface area contributed by atoms with Crippen LogP contribution in [0.1, 0.15) is 19.9 Å². The van der Waals surface area contributed by atoms with E-state index in [2.05, 4.69) is 16.8 Å². The number of H-pyrrole nitrogens is 1. The van der Waals surface area contributed by atoms with Crippen molar-refractivity contribution in [1.29, 1.82) is 0 Å². The van der Waals surface area contributed by atoms with E-state index in [1.165, 1.54) is 11.8 Å². The van der Waals surface area contributed by atoms with Gasteiger partial charge in [-0.1, -0.05) is 17.8 Å². The molecule has 72 valence electrons. The first-order chi connectivity index (χ1) is 6.16. The predicted molar refractivity (Wildman–Crippen MR) is 54.2 cm³/mol. The van der Waals surface area contributed by atoms with Crippen LogP contribution in [0.15, 0.2) is 22.6 Å². The number of rotatable bonds is 4. The predicted octanol–water partition coefficient (Wildman–Crippen LogP) is 1.43. The lowest BCUT2D eigenvalue weighted by Gasteiger charge is -2.06. The summed E-state index contributed by atoms with van der Waals surface area (Å²) in [6, 6.07) is 0.138. The van der Waals surface area contributed by atoms with E-state index >= 15 is 0 Å². The molecule has 0 bridgehead atoms. The van der Waals surface area contributed by atoms with Crippen LogP contribution in [-0.2, 0) is 0 Å². The Bertz CT molecular complexity index is 339. The molecule has 0 spiro atoms. The van der Waals surface area contributed by atoms with Gasteiger partial charge >= 0.3 is 5.69 Å². The third-order valence-electron chi connectivity index (χ3n) is 1.52. The van der Waals surface area contributed by atoms with Crippen LogP contribution < -0.4 is 5.69 Å². The summed E-state index contributed by atoms with van der Waals surface area (Å²) in [7, 11) is 0. The van der Waals surface area contributed by atoms with E-state index in [9.17, 15) is 4.79 Å². The van der Waals surface area contributed by atoms with Crippen molar-refractivity contribution in [2.45, 2.75) is 25.0 Å². The van der Waals surface area contributed by atoms with Gasteiger partial charge in [0.05, 0.1) is 0 Å². The largest absolute Gasteiger partial charge is 0.344 e. The molecule has 0 aromatic carbocycles. The molecule has 1 heterocycles. The molecule has 1 rings (SSSR count). The number of aromatic amines is 1. The summed E-state index contributed by atoms with van der Waals surface area (Å²) in [6.45, 7) is 7.52. The van der Waals surface area contributed by atoms with E-state index in [1.807, 2.05) is 13.8 Å². The van der Waals surface area contributed by atoms with Crippen LogP contribution in [0.5, 0.6) is 0 Å². The molecule has 0 atom stereocenters. The Balaban J connectivity index is 2.93. The van der Waals surface area contributed by atoms with E-state index in [4.69, 9.17) is 0 Å². The lowest BCUT2D eigenvalue weighted by atomic mass is 10.4. The van der Waals surface area contributed by atoms with Gasteiger partial charge in [0.2, 0.25) is 0 Å². The number of aromatic nitrogens is 3. The zero-order valence-corrected chi connectivity index (χ0v) is 8.60. The van der Waals surface area contributed by atoms with E-state index < -0.39 is 0 Å². The first-order valence-corrected chi connectivity index (χ1v) is 5.06. The van der Waals surface area contributed by atoms with Crippen LogP contribution in [0.2, 0.25) is 0 Å². The third-order valence-corrected chi connectivity index (χ3v) is 2.47. The number of nitrogens with zero attached hydrogens (tertiary/aromatic N) is 2. The van der Waals surface area contributed by atoms with Crippen molar-refractivity contribution in [3.63, 3.8) is 0 Å². The molecular formula is C8H13N3OS. The van der Waals surface area contributed by atoms with Gasteiger partial charge in [-0.2, -0.15) is 0 Å². The van der Waals surface area contributed by atoms with Crippen LogP contribution in [-0.4, -0.2) is 20.5 Å². The number of hydrogen-bond acceptors (Lipinski definition) is 3. The Labute approximate surface area is 81.0 Å². The second-order valence-electron chi connectivity index (χ2n) is 2.87. The highest BCUT2D eigenvalue weighted by atomic mass is 32.2. The highest BCUT2D eigenvalue weighted by molar-refractivity contribution is 7.99. The van der Waals surface area contributed by atoms with Crippen molar-refractivity contribution in [2.75, 3.05) is 5.75 Å². The van der Waals surface area contributed by atoms with Crippen molar-refractivity contribution in [1.82, 2.24) is 14.8 Å². The van der Waals surface area contributed by atoms with Crippen LogP contribution in [0.4, 0.5) is 0 Å². The van der Waals surface area contributed by atoms with Crippen LogP contribution in [0.3, 0.4) is 0 Å². The standard InChI is InChI=1S/C8H13N3OS/c1-4-5-13-8-10-9-7(12)11(8)6(2)3/h4,6H,1,5H2,2-3H3,(H,9,12). The number of thioether (sulfide) groups is 1. The summed E-state index contributed by atoms with van der Waals surface area (Å²) in [4.78, 5) is 11.3. The summed E-state index contributed by atoms with van der Waals surface area (Å²) in [5.41, 5.74) is -0.151. The lowest BCUT2D eigenvalue weighted by molar-refractivity contribution is 0.534. The fraction of sp³-hybridized carbons (Fsp3) is 0.500. The van der Waals surface area contributed by atoms with E-state index in [1.54, 1.807) is 10.6 Å². The molecule has 0 aliphatic carbocycles. The quantitative estimate of drug-likeness (QED) is 0.589. The third kappa shape index (κ3) is 2.24. The van der Waals surface area contributed by atoms with Crippen molar-refractivity contribution in [2.24, 2.45) is 0 Å². The fourth-order valence-corrected chi connectivity index (χ4v) is 1.79. The van der Waals surface area contributed by atoms with Gasteiger partial charge in [-0.15, -0.1) is 11.7 Å². The van der Waals surface area contributed by atoms with Gasteiger partial charge in [0.1, 0.15) is 0 Å². The minimum Gasteiger partial charge on any atom is -0.268 e. The molecule has 5 heteroatoms. The van der Waals surface area contributed by atoms with Gasteiger partial charge < -0.3 is 0 Å². The minimum atomic E-state index is -0.151. The average Bonchev–Trinajstić information content (AvgIpc) is 2.43. The Hall–Kier alpha value is -0.970. The maximum absolute atomic E-state index is 11.3. The highest BCUT2D eigenvalue weighted by Gasteiger charge is 2.10. The SMILES string of the molecule is C=CCSc1n[nH]c(=O)n1C(C)C. The van der Waals surface area contributed by atoms with Gasteiger partial charge in [0, 0.05) is 11.8 Å². The van der Waals surface area contributed by atoms with Crippen molar-refractivity contribution >= 4 is 11.8 Å². The van der Waals surface area contributed by atoms with E-state index in [-0.39, 0.29) is 11.7 Å². The van der Waals surface area contributed by atoms with Crippen LogP contribution in [0.25, 0.3) is 0 Å². The molecule has 0 saturated heterocycles. The second kappa shape index (κ2) is 4.32. The zero-order valence-electron chi connectivity index (χ0n) is 7.78. The van der Waals surface area contributed by atoms with Gasteiger partial charge in [-0.05, 0) is 13.8 Å². The van der Waals surface area contributed by atoms with Crippen molar-refractivity contribution in [3.8, 4) is 0 Å². The summed E-state index contributed by atoms with van der Waals surface area (Å²) in [5, 5.41) is 7.07. The molecule has 13 heavy (non-hydrogen) atoms. The molecular weight excluding hydrogens is 186 g/mol. The van der Waals surface area contributed by atoms with Crippen LogP contribution >= 0.6 is 11.8 Å². The zero-order chi connectivity index (χ0) is 9.84. The molecule has 0 aliphatic heterocycles. The molecule has 0 amide bonds. The Kier molecular flexibility index (Phi) is 3.36. The maximum Gasteiger partial charge on any atom is 0.344 e. The maximum atomic E-state index is 11.3. The molecule has 0 saturated carbocycles. The minimum absolute atomic E-state index is 0.138. The van der Waals surface area contributed by atoms with Crippen LogP contribution in [0, 0.1) is 0 Å². The van der Waals surface area contributed by atoms with E-state index in [0.29, 0.717) is 0 Å².